The first-order chi connectivity index (χ1) is 11.4. The van der Waals surface area contributed by atoms with Gasteiger partial charge in [0.25, 0.3) is 5.91 Å². The Morgan fingerprint density at radius 1 is 1.29 bits per heavy atom. The van der Waals surface area contributed by atoms with Crippen molar-refractivity contribution in [3.05, 3.63) is 17.0 Å². The van der Waals surface area contributed by atoms with Crippen LogP contribution in [0.4, 0.5) is 0 Å². The summed E-state index contributed by atoms with van der Waals surface area (Å²) in [5, 5.41) is 8.22. The van der Waals surface area contributed by atoms with Gasteiger partial charge in [0.05, 0.1) is 35.6 Å². The number of amides is 1. The average Bonchev–Trinajstić information content (AvgIpc) is 3.25. The number of fused-ring (bicyclic) bond motifs is 1. The van der Waals surface area contributed by atoms with E-state index in [0.29, 0.717) is 6.61 Å². The molecule has 6 nitrogen and oxygen atoms in total. The number of nitrogens with zero attached hydrogens (tertiary/aromatic N) is 3. The first kappa shape index (κ1) is 16.1. The van der Waals surface area contributed by atoms with Crippen LogP contribution in [0.15, 0.2) is 0 Å². The molecule has 3 aliphatic rings. The van der Waals surface area contributed by atoms with Gasteiger partial charge in [-0.3, -0.25) is 9.48 Å². The number of hydrogen-bond acceptors (Lipinski definition) is 4. The molecule has 1 spiro atoms. The normalized spacial score (nSPS) is 23.0. The second kappa shape index (κ2) is 5.56. The summed E-state index contributed by atoms with van der Waals surface area (Å²) in [6.45, 7) is 11.1. The Hall–Kier alpha value is -1.40. The van der Waals surface area contributed by atoms with Crippen molar-refractivity contribution < 1.29 is 9.53 Å². The Morgan fingerprint density at radius 3 is 2.79 bits per heavy atom. The zero-order chi connectivity index (χ0) is 16.9. The predicted octanol–water partition coefficient (Wildman–Crippen LogP) is 1.68. The summed E-state index contributed by atoms with van der Waals surface area (Å²) >= 11 is 0. The van der Waals surface area contributed by atoms with Crippen molar-refractivity contribution in [3.8, 4) is 0 Å². The molecule has 0 radical (unpaired) electrons. The maximum atomic E-state index is 13.6. The molecule has 0 unspecified atom stereocenters. The number of carbonyl (C=O) groups is 1. The van der Waals surface area contributed by atoms with Crippen LogP contribution in [0.5, 0.6) is 0 Å². The largest absolute Gasteiger partial charge is 0.379 e. The molecule has 1 saturated carbocycles. The Kier molecular flexibility index (Phi) is 3.73. The molecule has 1 N–H and O–H groups in total. The minimum atomic E-state index is -0.144. The minimum Gasteiger partial charge on any atom is -0.379 e. The molecule has 0 atom stereocenters. The fourth-order valence-electron chi connectivity index (χ4n) is 3.92. The smallest absolute Gasteiger partial charge is 0.258 e. The van der Waals surface area contributed by atoms with E-state index >= 15 is 0 Å². The summed E-state index contributed by atoms with van der Waals surface area (Å²) in [6.07, 6.45) is 3.04. The maximum Gasteiger partial charge on any atom is 0.258 e. The summed E-state index contributed by atoms with van der Waals surface area (Å²) < 4.78 is 7.79. The second-order valence-corrected chi connectivity index (χ2v) is 8.41. The molecule has 0 aromatic carbocycles. The Labute approximate surface area is 143 Å². The van der Waals surface area contributed by atoms with Crippen molar-refractivity contribution >= 4 is 5.91 Å². The van der Waals surface area contributed by atoms with Gasteiger partial charge in [0.15, 0.2) is 0 Å². The standard InChI is InChI=1S/C18H28N4O2/c1-17(2,3)15-14(13-11-19-7-9-22(13)20-15)16(23)21-8-4-10-24-12-18(21)5-6-18/h19H,4-12H2,1-3H3. The van der Waals surface area contributed by atoms with Crippen molar-refractivity contribution in [2.45, 2.75) is 64.1 Å². The highest BCUT2D eigenvalue weighted by Gasteiger charge is 2.52. The number of nitrogens with one attached hydrogen (secondary N) is 1. The molecule has 0 bridgehead atoms. The minimum absolute atomic E-state index is 0.0559. The van der Waals surface area contributed by atoms with Gasteiger partial charge in [-0.15, -0.1) is 0 Å². The molecule has 2 fully saturated rings. The Balaban J connectivity index is 1.77. The predicted molar refractivity (Wildman–Crippen MR) is 91.1 cm³/mol. The van der Waals surface area contributed by atoms with E-state index in [1.807, 2.05) is 4.68 Å². The van der Waals surface area contributed by atoms with Gasteiger partial charge in [-0.05, 0) is 19.3 Å². The summed E-state index contributed by atoms with van der Waals surface area (Å²) in [7, 11) is 0. The third-order valence-electron chi connectivity index (χ3n) is 5.46. The molecule has 6 heteroatoms. The zero-order valence-corrected chi connectivity index (χ0v) is 15.0. The molecule has 1 aliphatic carbocycles. The van der Waals surface area contributed by atoms with Crippen LogP contribution in [0.2, 0.25) is 0 Å². The van der Waals surface area contributed by atoms with E-state index in [9.17, 15) is 4.79 Å². The average molecular weight is 332 g/mol. The first-order valence-electron chi connectivity index (χ1n) is 9.13. The molecule has 1 aromatic heterocycles. The van der Waals surface area contributed by atoms with Gasteiger partial charge in [0, 0.05) is 31.7 Å². The summed E-state index contributed by atoms with van der Waals surface area (Å²) in [5.41, 5.74) is 2.63. The molecular formula is C18H28N4O2. The molecular weight excluding hydrogens is 304 g/mol. The van der Waals surface area contributed by atoms with E-state index < -0.39 is 0 Å². The number of rotatable bonds is 1. The Bertz CT molecular complexity index is 655. The van der Waals surface area contributed by atoms with Crippen molar-refractivity contribution in [2.24, 2.45) is 0 Å². The van der Waals surface area contributed by atoms with E-state index in [-0.39, 0.29) is 16.9 Å². The lowest BCUT2D eigenvalue weighted by Gasteiger charge is -2.31. The fourth-order valence-corrected chi connectivity index (χ4v) is 3.92. The van der Waals surface area contributed by atoms with Crippen LogP contribution in [0.3, 0.4) is 0 Å². The van der Waals surface area contributed by atoms with Crippen molar-refractivity contribution in [2.75, 3.05) is 26.3 Å². The highest BCUT2D eigenvalue weighted by atomic mass is 16.5. The lowest BCUT2D eigenvalue weighted by atomic mass is 9.88. The zero-order valence-electron chi connectivity index (χ0n) is 15.0. The molecule has 132 valence electrons. The van der Waals surface area contributed by atoms with Gasteiger partial charge in [0.1, 0.15) is 0 Å². The SMILES string of the molecule is CC(C)(C)c1nn2c(c1C(=O)N1CCCOCC13CC3)CNCC2. The lowest BCUT2D eigenvalue weighted by Crippen LogP contribution is -2.45. The van der Waals surface area contributed by atoms with Crippen LogP contribution in [-0.4, -0.2) is 52.4 Å². The Morgan fingerprint density at radius 2 is 2.08 bits per heavy atom. The number of ether oxygens (including phenoxy) is 1. The molecule has 4 rings (SSSR count). The lowest BCUT2D eigenvalue weighted by molar-refractivity contribution is 0.0547. The topological polar surface area (TPSA) is 59.4 Å². The van der Waals surface area contributed by atoms with Crippen LogP contribution >= 0.6 is 0 Å². The van der Waals surface area contributed by atoms with E-state index in [2.05, 4.69) is 31.0 Å². The van der Waals surface area contributed by atoms with E-state index in [0.717, 1.165) is 69.0 Å². The highest BCUT2D eigenvalue weighted by Crippen LogP contribution is 2.44. The van der Waals surface area contributed by atoms with Crippen LogP contribution < -0.4 is 5.32 Å². The van der Waals surface area contributed by atoms with Gasteiger partial charge >= 0.3 is 0 Å². The monoisotopic (exact) mass is 332 g/mol. The van der Waals surface area contributed by atoms with Crippen LogP contribution in [0.1, 0.15) is 61.8 Å². The van der Waals surface area contributed by atoms with Crippen molar-refractivity contribution in [1.29, 1.82) is 0 Å². The van der Waals surface area contributed by atoms with E-state index in [4.69, 9.17) is 9.84 Å². The third kappa shape index (κ3) is 2.56. The maximum absolute atomic E-state index is 13.6. The highest BCUT2D eigenvalue weighted by molar-refractivity contribution is 5.97. The van der Waals surface area contributed by atoms with Gasteiger partial charge in [-0.2, -0.15) is 5.10 Å². The van der Waals surface area contributed by atoms with Crippen LogP contribution in [0.25, 0.3) is 0 Å². The van der Waals surface area contributed by atoms with Gasteiger partial charge in [-0.1, -0.05) is 20.8 Å². The number of hydrogen-bond donors (Lipinski definition) is 1. The summed E-state index contributed by atoms with van der Waals surface area (Å²) in [5.74, 6) is 0.160. The quantitative estimate of drug-likeness (QED) is 0.850. The van der Waals surface area contributed by atoms with E-state index in [1.54, 1.807) is 0 Å². The van der Waals surface area contributed by atoms with Gasteiger partial charge < -0.3 is 15.0 Å². The number of aromatic nitrogens is 2. The number of carbonyl (C=O) groups excluding carboxylic acids is 1. The molecule has 24 heavy (non-hydrogen) atoms. The molecule has 1 saturated heterocycles. The van der Waals surface area contributed by atoms with Gasteiger partial charge in [0.2, 0.25) is 0 Å². The summed E-state index contributed by atoms with van der Waals surface area (Å²) in [4.78, 5) is 15.7. The van der Waals surface area contributed by atoms with Crippen molar-refractivity contribution in [1.82, 2.24) is 20.0 Å². The first-order valence-corrected chi connectivity index (χ1v) is 9.13. The molecule has 1 aromatic rings. The van der Waals surface area contributed by atoms with E-state index in [1.165, 1.54) is 0 Å². The van der Waals surface area contributed by atoms with Crippen LogP contribution in [-0.2, 0) is 23.2 Å². The fraction of sp³-hybridized carbons (Fsp3) is 0.778. The summed E-state index contributed by atoms with van der Waals surface area (Å²) in [6, 6.07) is 0. The third-order valence-corrected chi connectivity index (χ3v) is 5.46. The second-order valence-electron chi connectivity index (χ2n) is 8.41. The molecule has 2 aliphatic heterocycles. The van der Waals surface area contributed by atoms with Crippen molar-refractivity contribution in [3.63, 3.8) is 0 Å². The molecule has 3 heterocycles. The van der Waals surface area contributed by atoms with Crippen LogP contribution in [0, 0.1) is 0 Å². The van der Waals surface area contributed by atoms with Gasteiger partial charge in [-0.25, -0.2) is 0 Å². The molecule has 1 amide bonds.